The smallest absolute Gasteiger partial charge is 0.349 e. The molecule has 0 radical (unpaired) electrons. The first kappa shape index (κ1) is 18.3. The zero-order chi connectivity index (χ0) is 16.1. The van der Waals surface area contributed by atoms with Crippen molar-refractivity contribution in [2.45, 2.75) is 44.4 Å². The van der Waals surface area contributed by atoms with E-state index in [2.05, 4.69) is 9.47 Å². The summed E-state index contributed by atoms with van der Waals surface area (Å²) in [4.78, 5) is 34.7. The lowest BCUT2D eigenvalue weighted by molar-refractivity contribution is -0.182. The number of carbonyl (C=O) groups is 3. The molecule has 0 fully saturated rings. The molecule has 0 amide bonds. The Morgan fingerprint density at radius 3 is 1.80 bits per heavy atom. The molecule has 0 aromatic rings. The highest BCUT2D eigenvalue weighted by molar-refractivity contribution is 6.03. The molecule has 0 saturated carbocycles. The van der Waals surface area contributed by atoms with Gasteiger partial charge >= 0.3 is 17.9 Å². The van der Waals surface area contributed by atoms with Gasteiger partial charge in [0.25, 0.3) is 5.60 Å². The lowest BCUT2D eigenvalue weighted by Crippen LogP contribution is -2.54. The molecule has 0 aliphatic carbocycles. The van der Waals surface area contributed by atoms with E-state index in [0.29, 0.717) is 0 Å². The topological polar surface area (TPSA) is 125 Å². The lowest BCUT2D eigenvalue weighted by atomic mass is 9.95. The fourth-order valence-electron chi connectivity index (χ4n) is 1.37. The molecule has 0 rings (SSSR count). The van der Waals surface area contributed by atoms with Gasteiger partial charge < -0.3 is 25.1 Å². The van der Waals surface area contributed by atoms with Crippen LogP contribution in [0.2, 0.25) is 0 Å². The Balaban J connectivity index is 5.05. The van der Waals surface area contributed by atoms with Gasteiger partial charge in [-0.1, -0.05) is 0 Å². The van der Waals surface area contributed by atoms with Crippen LogP contribution in [0.25, 0.3) is 0 Å². The zero-order valence-electron chi connectivity index (χ0n) is 12.3. The van der Waals surface area contributed by atoms with Crippen molar-refractivity contribution in [3.63, 3.8) is 0 Å². The molecular formula is C12H21NO7. The van der Waals surface area contributed by atoms with Crippen LogP contribution in [0, 0.1) is 0 Å². The quantitative estimate of drug-likeness (QED) is 0.380. The summed E-state index contributed by atoms with van der Waals surface area (Å²) in [6.45, 7) is 4.89. The van der Waals surface area contributed by atoms with Gasteiger partial charge in [0.15, 0.2) is 0 Å². The molecule has 0 bridgehead atoms. The molecule has 3 N–H and O–H groups in total. The van der Waals surface area contributed by atoms with Crippen LogP contribution in [0.15, 0.2) is 0 Å². The highest BCUT2D eigenvalue weighted by atomic mass is 16.6. The highest BCUT2D eigenvalue weighted by Crippen LogP contribution is 2.18. The van der Waals surface area contributed by atoms with Crippen molar-refractivity contribution in [3.05, 3.63) is 0 Å². The average Bonchev–Trinajstić information content (AvgIpc) is 2.34. The summed E-state index contributed by atoms with van der Waals surface area (Å²) >= 11 is 0. The number of ether oxygens (including phenoxy) is 3. The number of esters is 3. The maximum atomic E-state index is 11.7. The predicted molar refractivity (Wildman–Crippen MR) is 67.4 cm³/mol. The third-order valence-corrected chi connectivity index (χ3v) is 2.27. The second-order valence-corrected chi connectivity index (χ2v) is 5.19. The van der Waals surface area contributed by atoms with Crippen LogP contribution in [0.1, 0.15) is 27.2 Å². The molecule has 0 spiro atoms. The first-order valence-electron chi connectivity index (χ1n) is 5.85. The standard InChI is InChI=1S/C12H21NO7/c1-11(2,3)20-8(14)7(13)6-12(17,9(15)18-4)10(16)19-5/h7,17H,6,13H2,1-5H3. The molecule has 0 heterocycles. The summed E-state index contributed by atoms with van der Waals surface area (Å²) in [5, 5.41) is 10.0. The fourth-order valence-corrected chi connectivity index (χ4v) is 1.37. The Kier molecular flexibility index (Phi) is 6.11. The molecule has 0 aliphatic rings. The molecule has 0 saturated heterocycles. The van der Waals surface area contributed by atoms with E-state index in [0.717, 1.165) is 14.2 Å². The summed E-state index contributed by atoms with van der Waals surface area (Å²) in [6.07, 6.45) is -0.707. The first-order valence-corrected chi connectivity index (χ1v) is 5.85. The molecule has 116 valence electrons. The minimum Gasteiger partial charge on any atom is -0.466 e. The van der Waals surface area contributed by atoms with Gasteiger partial charge in [-0.05, 0) is 20.8 Å². The number of rotatable bonds is 5. The van der Waals surface area contributed by atoms with Gasteiger partial charge in [-0.2, -0.15) is 0 Å². The maximum Gasteiger partial charge on any atom is 0.349 e. The molecule has 1 unspecified atom stereocenters. The Labute approximate surface area is 117 Å². The van der Waals surface area contributed by atoms with E-state index in [9.17, 15) is 19.5 Å². The Bertz CT molecular complexity index is 370. The van der Waals surface area contributed by atoms with Crippen LogP contribution >= 0.6 is 0 Å². The van der Waals surface area contributed by atoms with E-state index in [1.807, 2.05) is 0 Å². The zero-order valence-corrected chi connectivity index (χ0v) is 12.3. The van der Waals surface area contributed by atoms with E-state index in [1.54, 1.807) is 20.8 Å². The predicted octanol–water partition coefficient (Wildman–Crippen LogP) is -0.877. The Morgan fingerprint density at radius 2 is 1.50 bits per heavy atom. The molecular weight excluding hydrogens is 270 g/mol. The minimum absolute atomic E-state index is 0.707. The largest absolute Gasteiger partial charge is 0.466 e. The summed E-state index contributed by atoms with van der Waals surface area (Å²) < 4.78 is 13.6. The van der Waals surface area contributed by atoms with E-state index in [4.69, 9.17) is 10.5 Å². The first-order chi connectivity index (χ1) is 8.97. The van der Waals surface area contributed by atoms with Gasteiger partial charge in [-0.3, -0.25) is 4.79 Å². The van der Waals surface area contributed by atoms with Gasteiger partial charge in [-0.25, -0.2) is 9.59 Å². The summed E-state index contributed by atoms with van der Waals surface area (Å²) in [5.41, 5.74) is 2.10. The molecule has 0 aromatic carbocycles. The number of carbonyl (C=O) groups excluding carboxylic acids is 3. The molecule has 0 aromatic heterocycles. The van der Waals surface area contributed by atoms with Crippen molar-refractivity contribution in [2.75, 3.05) is 14.2 Å². The van der Waals surface area contributed by atoms with Crippen molar-refractivity contribution in [2.24, 2.45) is 5.73 Å². The minimum atomic E-state index is -2.65. The summed E-state index contributed by atoms with van der Waals surface area (Å²) in [7, 11) is 1.96. The number of aliphatic hydroxyl groups is 1. The monoisotopic (exact) mass is 291 g/mol. The van der Waals surface area contributed by atoms with Crippen molar-refractivity contribution in [1.82, 2.24) is 0 Å². The van der Waals surface area contributed by atoms with E-state index in [1.165, 1.54) is 0 Å². The molecule has 0 aliphatic heterocycles. The second-order valence-electron chi connectivity index (χ2n) is 5.19. The fraction of sp³-hybridized carbons (Fsp3) is 0.750. The lowest BCUT2D eigenvalue weighted by Gasteiger charge is -2.26. The molecule has 8 nitrogen and oxygen atoms in total. The number of hydrogen-bond acceptors (Lipinski definition) is 8. The van der Waals surface area contributed by atoms with Crippen LogP contribution in [0.4, 0.5) is 0 Å². The number of nitrogens with two attached hydrogens (primary N) is 1. The van der Waals surface area contributed by atoms with E-state index in [-0.39, 0.29) is 0 Å². The molecule has 1 atom stereocenters. The number of hydrogen-bond donors (Lipinski definition) is 2. The van der Waals surface area contributed by atoms with Crippen LogP contribution in [0.3, 0.4) is 0 Å². The second kappa shape index (κ2) is 6.67. The van der Waals surface area contributed by atoms with Crippen molar-refractivity contribution in [1.29, 1.82) is 0 Å². The van der Waals surface area contributed by atoms with Crippen LogP contribution in [-0.4, -0.2) is 54.5 Å². The van der Waals surface area contributed by atoms with Crippen LogP contribution in [-0.2, 0) is 28.6 Å². The van der Waals surface area contributed by atoms with Crippen molar-refractivity contribution >= 4 is 17.9 Å². The van der Waals surface area contributed by atoms with E-state index >= 15 is 0 Å². The van der Waals surface area contributed by atoms with Gasteiger partial charge in [0.2, 0.25) is 0 Å². The van der Waals surface area contributed by atoms with Crippen molar-refractivity contribution < 1.29 is 33.7 Å². The van der Waals surface area contributed by atoms with Gasteiger partial charge in [0.1, 0.15) is 11.6 Å². The van der Waals surface area contributed by atoms with Crippen molar-refractivity contribution in [3.8, 4) is 0 Å². The summed E-state index contributed by atoms with van der Waals surface area (Å²) in [6, 6.07) is -1.39. The third-order valence-electron chi connectivity index (χ3n) is 2.27. The number of methoxy groups -OCH3 is 2. The SMILES string of the molecule is COC(=O)C(O)(CC(N)C(=O)OC(C)(C)C)C(=O)OC. The Morgan fingerprint density at radius 1 is 1.10 bits per heavy atom. The van der Waals surface area contributed by atoms with Gasteiger partial charge in [0.05, 0.1) is 14.2 Å². The van der Waals surface area contributed by atoms with Gasteiger partial charge in [-0.15, -0.1) is 0 Å². The maximum absolute atomic E-state index is 11.7. The van der Waals surface area contributed by atoms with Crippen LogP contribution in [0.5, 0.6) is 0 Å². The normalized spacial score (nSPS) is 13.3. The van der Waals surface area contributed by atoms with Crippen LogP contribution < -0.4 is 5.73 Å². The third kappa shape index (κ3) is 4.78. The molecule has 8 heteroatoms. The average molecular weight is 291 g/mol. The Hall–Kier alpha value is -1.67. The van der Waals surface area contributed by atoms with E-state index < -0.39 is 41.6 Å². The summed E-state index contributed by atoms with van der Waals surface area (Å²) in [5.74, 6) is -3.38. The molecule has 20 heavy (non-hydrogen) atoms. The highest BCUT2D eigenvalue weighted by Gasteiger charge is 2.49. The van der Waals surface area contributed by atoms with Gasteiger partial charge in [0, 0.05) is 6.42 Å².